The third-order valence-electron chi connectivity index (χ3n) is 4.98. The van der Waals surface area contributed by atoms with Crippen LogP contribution in [0.1, 0.15) is 10.6 Å². The fraction of sp³-hybridized carbons (Fsp3) is 0.217. The van der Waals surface area contributed by atoms with Crippen LogP contribution >= 0.6 is 11.3 Å². The first kappa shape index (κ1) is 21.5. The van der Waals surface area contributed by atoms with Crippen molar-refractivity contribution in [3.8, 4) is 22.8 Å². The molecule has 0 saturated heterocycles. The van der Waals surface area contributed by atoms with Crippen LogP contribution in [-0.2, 0) is 11.3 Å². The normalized spacial score (nSPS) is 10.9. The van der Waals surface area contributed by atoms with Crippen molar-refractivity contribution < 1.29 is 14.3 Å². The topological polar surface area (TPSA) is 95.3 Å². The number of ether oxygens (including phenoxy) is 2. The summed E-state index contributed by atoms with van der Waals surface area (Å²) in [6.45, 7) is 3.50. The number of benzene rings is 2. The highest BCUT2D eigenvalue weighted by atomic mass is 32.1. The van der Waals surface area contributed by atoms with Gasteiger partial charge in [0.2, 0.25) is 5.91 Å². The summed E-state index contributed by atoms with van der Waals surface area (Å²) in [5.74, 6) is 0.772. The van der Waals surface area contributed by atoms with Gasteiger partial charge in [0.25, 0.3) is 5.56 Å². The van der Waals surface area contributed by atoms with E-state index in [0.717, 1.165) is 20.8 Å². The zero-order chi connectivity index (χ0) is 22.8. The number of thiazole rings is 1. The van der Waals surface area contributed by atoms with Gasteiger partial charge in [-0.3, -0.25) is 9.59 Å². The highest BCUT2D eigenvalue weighted by molar-refractivity contribution is 7.19. The highest BCUT2D eigenvalue weighted by Gasteiger charge is 2.19. The van der Waals surface area contributed by atoms with Crippen LogP contribution < -0.4 is 20.3 Å². The van der Waals surface area contributed by atoms with Gasteiger partial charge in [-0.15, -0.1) is 11.3 Å². The monoisotopic (exact) mass is 450 g/mol. The zero-order valence-electron chi connectivity index (χ0n) is 18.1. The van der Waals surface area contributed by atoms with E-state index in [-0.39, 0.29) is 18.0 Å². The number of hydrogen-bond donors (Lipinski definition) is 1. The summed E-state index contributed by atoms with van der Waals surface area (Å²) < 4.78 is 12.5. The molecule has 4 aromatic rings. The second-order valence-corrected chi connectivity index (χ2v) is 8.36. The molecule has 0 atom stereocenters. The van der Waals surface area contributed by atoms with Crippen LogP contribution in [-0.4, -0.2) is 34.9 Å². The van der Waals surface area contributed by atoms with E-state index in [4.69, 9.17) is 9.47 Å². The summed E-state index contributed by atoms with van der Waals surface area (Å²) in [5.41, 5.74) is 2.78. The van der Waals surface area contributed by atoms with Crippen molar-refractivity contribution in [1.29, 1.82) is 0 Å². The van der Waals surface area contributed by atoms with E-state index in [1.54, 1.807) is 26.4 Å². The Morgan fingerprint density at radius 2 is 1.84 bits per heavy atom. The number of nitrogens with one attached hydrogen (secondary N) is 1. The molecule has 0 radical (unpaired) electrons. The minimum absolute atomic E-state index is 0.236. The summed E-state index contributed by atoms with van der Waals surface area (Å²) in [6.07, 6.45) is 0. The van der Waals surface area contributed by atoms with Crippen LogP contribution in [0.25, 0.3) is 21.5 Å². The average molecular weight is 451 g/mol. The molecule has 0 aliphatic rings. The number of rotatable bonds is 6. The Kier molecular flexibility index (Phi) is 5.91. The summed E-state index contributed by atoms with van der Waals surface area (Å²) in [7, 11) is 3.12. The molecule has 9 heteroatoms. The van der Waals surface area contributed by atoms with Gasteiger partial charge in [0.15, 0.2) is 17.0 Å². The molecule has 0 saturated carbocycles. The van der Waals surface area contributed by atoms with Gasteiger partial charge in [-0.2, -0.15) is 5.10 Å². The third kappa shape index (κ3) is 4.06. The van der Waals surface area contributed by atoms with Crippen LogP contribution in [0.4, 0.5) is 5.69 Å². The number of aryl methyl sites for hydroxylation is 2. The molecule has 8 nitrogen and oxygen atoms in total. The molecule has 1 N–H and O–H groups in total. The lowest BCUT2D eigenvalue weighted by atomic mass is 10.1. The van der Waals surface area contributed by atoms with Crippen molar-refractivity contribution in [3.63, 3.8) is 0 Å². The van der Waals surface area contributed by atoms with Gasteiger partial charge in [0, 0.05) is 11.3 Å². The predicted molar refractivity (Wildman–Crippen MR) is 125 cm³/mol. The lowest BCUT2D eigenvalue weighted by Gasteiger charge is -2.12. The fourth-order valence-corrected chi connectivity index (χ4v) is 4.30. The Balaban J connectivity index is 1.78. The first-order valence-electron chi connectivity index (χ1n) is 9.87. The maximum absolute atomic E-state index is 13.0. The largest absolute Gasteiger partial charge is 0.493 e. The molecule has 0 fully saturated rings. The number of anilines is 1. The lowest BCUT2D eigenvalue weighted by Crippen LogP contribution is -2.30. The molecule has 2 aromatic heterocycles. The molecule has 0 unspecified atom stereocenters. The molecule has 4 rings (SSSR count). The van der Waals surface area contributed by atoms with Crippen LogP contribution in [0.5, 0.6) is 11.5 Å². The van der Waals surface area contributed by atoms with E-state index in [2.05, 4.69) is 15.4 Å². The number of carbonyl (C=O) groups excluding carboxylic acids is 1. The number of hydrogen-bond acceptors (Lipinski definition) is 7. The maximum Gasteiger partial charge on any atom is 0.294 e. The van der Waals surface area contributed by atoms with Crippen molar-refractivity contribution >= 4 is 33.1 Å². The zero-order valence-corrected chi connectivity index (χ0v) is 18.9. The molecule has 2 aromatic carbocycles. The summed E-state index contributed by atoms with van der Waals surface area (Å²) in [4.78, 5) is 30.1. The smallest absolute Gasteiger partial charge is 0.294 e. The van der Waals surface area contributed by atoms with Gasteiger partial charge < -0.3 is 14.8 Å². The van der Waals surface area contributed by atoms with E-state index >= 15 is 0 Å². The van der Waals surface area contributed by atoms with Gasteiger partial charge in [-0.1, -0.05) is 18.2 Å². The van der Waals surface area contributed by atoms with Crippen LogP contribution in [0, 0.1) is 13.8 Å². The molecule has 1 amide bonds. The van der Waals surface area contributed by atoms with Crippen LogP contribution in [0.15, 0.2) is 47.3 Å². The van der Waals surface area contributed by atoms with Gasteiger partial charge in [-0.25, -0.2) is 9.67 Å². The number of para-hydroxylation sites is 1. The van der Waals surface area contributed by atoms with E-state index in [9.17, 15) is 9.59 Å². The van der Waals surface area contributed by atoms with Crippen LogP contribution in [0.2, 0.25) is 0 Å². The Hall–Kier alpha value is -3.72. The van der Waals surface area contributed by atoms with E-state index in [1.807, 2.05) is 44.2 Å². The molecular formula is C23H22N4O4S. The Labute approximate surface area is 188 Å². The Morgan fingerprint density at radius 3 is 2.56 bits per heavy atom. The van der Waals surface area contributed by atoms with Crippen LogP contribution in [0.3, 0.4) is 0 Å². The van der Waals surface area contributed by atoms with Crippen molar-refractivity contribution in [2.75, 3.05) is 19.5 Å². The van der Waals surface area contributed by atoms with Crippen molar-refractivity contribution in [2.45, 2.75) is 20.4 Å². The van der Waals surface area contributed by atoms with Crippen molar-refractivity contribution in [3.05, 3.63) is 63.4 Å². The van der Waals surface area contributed by atoms with Gasteiger partial charge in [-0.05, 0) is 43.7 Å². The summed E-state index contributed by atoms with van der Waals surface area (Å²) >= 11 is 1.38. The van der Waals surface area contributed by atoms with Gasteiger partial charge in [0.1, 0.15) is 12.2 Å². The van der Waals surface area contributed by atoms with E-state index in [0.29, 0.717) is 27.6 Å². The number of aromatic nitrogens is 3. The maximum atomic E-state index is 13.0. The first-order valence-corrected chi connectivity index (χ1v) is 10.7. The highest BCUT2D eigenvalue weighted by Crippen LogP contribution is 2.35. The molecular weight excluding hydrogens is 428 g/mol. The van der Waals surface area contributed by atoms with Gasteiger partial charge in [0.05, 0.1) is 23.9 Å². The number of amides is 1. The van der Waals surface area contributed by atoms with E-state index < -0.39 is 5.56 Å². The number of nitrogens with zero attached hydrogens (tertiary/aromatic N) is 3. The molecule has 0 bridgehead atoms. The summed E-state index contributed by atoms with van der Waals surface area (Å²) in [5, 5.41) is 8.11. The second kappa shape index (κ2) is 8.80. The number of carbonyl (C=O) groups is 1. The Morgan fingerprint density at radius 1 is 1.09 bits per heavy atom. The van der Waals surface area contributed by atoms with Gasteiger partial charge >= 0.3 is 0 Å². The van der Waals surface area contributed by atoms with E-state index in [1.165, 1.54) is 11.3 Å². The summed E-state index contributed by atoms with van der Waals surface area (Å²) in [6, 6.07) is 12.8. The second-order valence-electron chi connectivity index (χ2n) is 7.15. The standard InChI is InChI=1S/C23H22N4O4S/c1-13-7-5-6-8-16(13)25-19(28)12-27-23(29)21-22(32-14(2)24-21)20(26-27)15-9-10-17(30-3)18(11-15)31-4/h5-11H,12H2,1-4H3,(H,25,28). The quantitative estimate of drug-likeness (QED) is 0.480. The number of methoxy groups -OCH3 is 2. The average Bonchev–Trinajstić information content (AvgIpc) is 3.18. The van der Waals surface area contributed by atoms with Crippen molar-refractivity contribution in [2.24, 2.45) is 0 Å². The molecule has 32 heavy (non-hydrogen) atoms. The molecule has 0 spiro atoms. The molecule has 0 aliphatic heterocycles. The minimum Gasteiger partial charge on any atom is -0.493 e. The first-order chi connectivity index (χ1) is 15.4. The SMILES string of the molecule is COc1ccc(-c2nn(CC(=O)Nc3ccccc3C)c(=O)c3nc(C)sc23)cc1OC. The third-order valence-corrected chi connectivity index (χ3v) is 5.95. The minimum atomic E-state index is -0.409. The predicted octanol–water partition coefficient (Wildman–Crippen LogP) is 3.79. The molecule has 0 aliphatic carbocycles. The number of fused-ring (bicyclic) bond motifs is 1. The fourth-order valence-electron chi connectivity index (χ4n) is 3.38. The molecule has 2 heterocycles. The van der Waals surface area contributed by atoms with Crippen molar-refractivity contribution in [1.82, 2.24) is 14.8 Å². The lowest BCUT2D eigenvalue weighted by molar-refractivity contribution is -0.117. The molecule has 164 valence electrons. The Bertz CT molecular complexity index is 1380.